The smallest absolute Gasteiger partial charge is 0.338 e. The van der Waals surface area contributed by atoms with Gasteiger partial charge < -0.3 is 4.74 Å². The molecular formula is C19H16O3. The van der Waals surface area contributed by atoms with Gasteiger partial charge in [0.2, 0.25) is 0 Å². The van der Waals surface area contributed by atoms with E-state index in [1.54, 1.807) is 37.3 Å². The number of carbonyl (C=O) groups is 2. The van der Waals surface area contributed by atoms with E-state index < -0.39 is 5.97 Å². The summed E-state index contributed by atoms with van der Waals surface area (Å²) in [6, 6.07) is 16.1. The number of allylic oxidation sites excluding steroid dienone is 1. The van der Waals surface area contributed by atoms with Crippen LogP contribution in [0.5, 0.6) is 5.75 Å². The maximum absolute atomic E-state index is 12.3. The Morgan fingerprint density at radius 1 is 1.00 bits per heavy atom. The van der Waals surface area contributed by atoms with Crippen molar-refractivity contribution in [2.24, 2.45) is 0 Å². The molecule has 0 saturated carbocycles. The molecule has 2 rings (SSSR count). The van der Waals surface area contributed by atoms with Crippen LogP contribution in [0.3, 0.4) is 0 Å². The number of hydrogen-bond donors (Lipinski definition) is 0. The third-order valence-corrected chi connectivity index (χ3v) is 2.93. The lowest BCUT2D eigenvalue weighted by molar-refractivity contribution is -0.130. The van der Waals surface area contributed by atoms with Gasteiger partial charge in [-0.25, -0.2) is 4.79 Å². The van der Waals surface area contributed by atoms with Crippen LogP contribution in [0.2, 0.25) is 0 Å². The molecule has 3 nitrogen and oxygen atoms in total. The Morgan fingerprint density at radius 2 is 1.64 bits per heavy atom. The Hall–Kier alpha value is -2.94. The molecule has 0 heterocycles. The quantitative estimate of drug-likeness (QED) is 0.361. The zero-order valence-corrected chi connectivity index (χ0v) is 12.3. The van der Waals surface area contributed by atoms with Gasteiger partial charge in [-0.2, -0.15) is 0 Å². The van der Waals surface area contributed by atoms with Gasteiger partial charge in [-0.3, -0.25) is 4.79 Å². The van der Waals surface area contributed by atoms with Crippen molar-refractivity contribution in [3.63, 3.8) is 0 Å². The van der Waals surface area contributed by atoms with E-state index in [9.17, 15) is 9.59 Å². The van der Waals surface area contributed by atoms with Crippen LogP contribution in [0.1, 0.15) is 22.8 Å². The van der Waals surface area contributed by atoms with E-state index >= 15 is 0 Å². The Bertz CT molecular complexity index is 727. The highest BCUT2D eigenvalue weighted by Gasteiger charge is 2.13. The second-order valence-corrected chi connectivity index (χ2v) is 4.77. The van der Waals surface area contributed by atoms with Crippen LogP contribution < -0.4 is 4.74 Å². The summed E-state index contributed by atoms with van der Waals surface area (Å²) in [7, 11) is 0. The average Bonchev–Trinajstić information content (AvgIpc) is 2.54. The minimum absolute atomic E-state index is 0.228. The molecule has 0 saturated heterocycles. The van der Waals surface area contributed by atoms with Crippen LogP contribution in [0, 0.1) is 0 Å². The van der Waals surface area contributed by atoms with Gasteiger partial charge in [-0.15, -0.1) is 0 Å². The lowest BCUT2D eigenvalue weighted by atomic mass is 10.1. The molecule has 0 N–H and O–H groups in total. The van der Waals surface area contributed by atoms with Gasteiger partial charge in [0, 0.05) is 5.57 Å². The van der Waals surface area contributed by atoms with Gasteiger partial charge in [0.05, 0.1) is 5.56 Å². The van der Waals surface area contributed by atoms with E-state index in [4.69, 9.17) is 4.74 Å². The van der Waals surface area contributed by atoms with Crippen molar-refractivity contribution in [3.05, 3.63) is 84.0 Å². The first-order valence-corrected chi connectivity index (χ1v) is 6.82. The number of ether oxygens (including phenoxy) is 1. The number of benzene rings is 2. The summed E-state index contributed by atoms with van der Waals surface area (Å²) < 4.78 is 5.19. The number of carbonyl (C=O) groups excluding carboxylic acids is 2. The molecule has 0 aromatic heterocycles. The molecule has 0 aliphatic carbocycles. The summed E-state index contributed by atoms with van der Waals surface area (Å²) in [5.41, 5.74) is 1.54. The van der Waals surface area contributed by atoms with Gasteiger partial charge in [-0.1, -0.05) is 55.1 Å². The molecule has 0 unspecified atom stereocenters. The molecule has 0 fully saturated rings. The fraction of sp³-hybridized carbons (Fsp3) is 0.0526. The highest BCUT2D eigenvalue weighted by atomic mass is 16.5. The molecule has 3 heteroatoms. The van der Waals surface area contributed by atoms with E-state index in [2.05, 4.69) is 6.58 Å². The van der Waals surface area contributed by atoms with Gasteiger partial charge >= 0.3 is 5.97 Å². The zero-order chi connectivity index (χ0) is 15.9. The molecular weight excluding hydrogens is 276 g/mol. The number of rotatable bonds is 5. The van der Waals surface area contributed by atoms with Crippen molar-refractivity contribution in [3.8, 4) is 5.75 Å². The molecule has 22 heavy (non-hydrogen) atoms. The van der Waals surface area contributed by atoms with Crippen molar-refractivity contribution in [2.45, 2.75) is 6.92 Å². The molecule has 110 valence electrons. The molecule has 0 bridgehead atoms. The maximum atomic E-state index is 12.3. The number of hydrogen-bond acceptors (Lipinski definition) is 3. The molecule has 0 radical (unpaired) electrons. The predicted molar refractivity (Wildman–Crippen MR) is 86.7 cm³/mol. The lowest BCUT2D eigenvalue weighted by Gasteiger charge is -2.07. The molecule has 0 amide bonds. The van der Waals surface area contributed by atoms with Crippen molar-refractivity contribution in [1.29, 1.82) is 0 Å². The third kappa shape index (κ3) is 4.03. The normalized spacial score (nSPS) is 10.4. The maximum Gasteiger partial charge on any atom is 0.338 e. The largest absolute Gasteiger partial charge is 0.422 e. The predicted octanol–water partition coefficient (Wildman–Crippen LogP) is 4.06. The molecule has 0 aliphatic heterocycles. The van der Waals surface area contributed by atoms with Crippen molar-refractivity contribution < 1.29 is 14.3 Å². The third-order valence-electron chi connectivity index (χ3n) is 2.93. The summed E-state index contributed by atoms with van der Waals surface area (Å²) in [6.45, 7) is 5.09. The van der Waals surface area contributed by atoms with Crippen molar-refractivity contribution >= 4 is 17.8 Å². The monoisotopic (exact) mass is 292 g/mol. The van der Waals surface area contributed by atoms with Gasteiger partial charge in [0.1, 0.15) is 5.75 Å². The van der Waals surface area contributed by atoms with Crippen LogP contribution in [-0.4, -0.2) is 11.8 Å². The molecule has 2 aromatic carbocycles. The first-order chi connectivity index (χ1) is 10.6. The Morgan fingerprint density at radius 3 is 2.32 bits per heavy atom. The highest BCUT2D eigenvalue weighted by Crippen LogP contribution is 2.20. The van der Waals surface area contributed by atoms with E-state index in [0.717, 1.165) is 5.56 Å². The topological polar surface area (TPSA) is 43.4 Å². The van der Waals surface area contributed by atoms with E-state index in [0.29, 0.717) is 5.56 Å². The van der Waals surface area contributed by atoms with Crippen molar-refractivity contribution in [2.75, 3.05) is 0 Å². The Kier molecular flexibility index (Phi) is 5.04. The fourth-order valence-electron chi connectivity index (χ4n) is 1.77. The van der Waals surface area contributed by atoms with E-state index in [-0.39, 0.29) is 17.1 Å². The van der Waals surface area contributed by atoms with Crippen LogP contribution in [0.4, 0.5) is 0 Å². The van der Waals surface area contributed by atoms with Gasteiger partial charge in [-0.05, 0) is 30.7 Å². The second-order valence-electron chi connectivity index (χ2n) is 4.77. The minimum Gasteiger partial charge on any atom is -0.422 e. The highest BCUT2D eigenvalue weighted by molar-refractivity contribution is 6.09. The average molecular weight is 292 g/mol. The number of ketones is 1. The molecule has 0 aliphatic rings. The summed E-state index contributed by atoms with van der Waals surface area (Å²) in [4.78, 5) is 23.9. The van der Waals surface area contributed by atoms with Gasteiger partial charge in [0.25, 0.3) is 0 Å². The number of esters is 1. The van der Waals surface area contributed by atoms with Gasteiger partial charge in [0.15, 0.2) is 5.78 Å². The molecule has 0 spiro atoms. The van der Waals surface area contributed by atoms with E-state index in [1.807, 2.05) is 30.3 Å². The van der Waals surface area contributed by atoms with Crippen LogP contribution in [0.15, 0.2) is 72.8 Å². The van der Waals surface area contributed by atoms with E-state index in [1.165, 1.54) is 6.08 Å². The fourth-order valence-corrected chi connectivity index (χ4v) is 1.77. The van der Waals surface area contributed by atoms with Crippen LogP contribution >= 0.6 is 0 Å². The lowest BCUT2D eigenvalue weighted by Crippen LogP contribution is -2.11. The SMILES string of the molecule is C=C(C)C(=O)Oc1ccccc1C(=O)/C=C/c1ccccc1. The number of para-hydroxylation sites is 1. The summed E-state index contributed by atoms with van der Waals surface area (Å²) in [5.74, 6) is -0.542. The molecule has 2 aromatic rings. The summed E-state index contributed by atoms with van der Waals surface area (Å²) >= 11 is 0. The Labute approximate surface area is 129 Å². The summed E-state index contributed by atoms with van der Waals surface area (Å²) in [5, 5.41) is 0. The van der Waals surface area contributed by atoms with Crippen molar-refractivity contribution in [1.82, 2.24) is 0 Å². The van der Waals surface area contributed by atoms with Crippen LogP contribution in [-0.2, 0) is 4.79 Å². The first kappa shape index (κ1) is 15.4. The Balaban J connectivity index is 2.21. The standard InChI is InChI=1S/C19H16O3/c1-14(2)19(21)22-18-11-7-6-10-16(18)17(20)13-12-15-8-4-3-5-9-15/h3-13H,1H2,2H3/b13-12+. The second kappa shape index (κ2) is 7.18. The van der Waals surface area contributed by atoms with Crippen LogP contribution in [0.25, 0.3) is 6.08 Å². The molecule has 0 atom stereocenters. The zero-order valence-electron chi connectivity index (χ0n) is 12.3. The minimum atomic E-state index is -0.549. The first-order valence-electron chi connectivity index (χ1n) is 6.82. The summed E-state index contributed by atoms with van der Waals surface area (Å²) in [6.07, 6.45) is 3.18.